The van der Waals surface area contributed by atoms with Crippen LogP contribution >= 0.6 is 22.7 Å². The van der Waals surface area contributed by atoms with Gasteiger partial charge in [0.25, 0.3) is 0 Å². The van der Waals surface area contributed by atoms with E-state index in [1.165, 1.54) is 4.88 Å². The molecule has 0 aliphatic carbocycles. The Balaban J connectivity index is 2.15. The summed E-state index contributed by atoms with van der Waals surface area (Å²) in [5.74, 6) is 0. The molecule has 0 unspecified atom stereocenters. The van der Waals surface area contributed by atoms with Crippen molar-refractivity contribution >= 4 is 22.7 Å². The van der Waals surface area contributed by atoms with Gasteiger partial charge in [-0.15, -0.1) is 22.7 Å². The van der Waals surface area contributed by atoms with E-state index in [1.54, 1.807) is 22.7 Å². The van der Waals surface area contributed by atoms with Gasteiger partial charge in [-0.2, -0.15) is 0 Å². The van der Waals surface area contributed by atoms with Crippen molar-refractivity contribution in [2.45, 2.75) is 40.3 Å². The Bertz CT molecular complexity index is 500. The van der Waals surface area contributed by atoms with Gasteiger partial charge in [-0.05, 0) is 13.8 Å². The highest BCUT2D eigenvalue weighted by Gasteiger charge is 2.11. The third kappa shape index (κ3) is 3.12. The fraction of sp³-hybridized carbons (Fsp3) is 0.500. The van der Waals surface area contributed by atoms with E-state index in [-0.39, 0.29) is 0 Å². The fourth-order valence-electron chi connectivity index (χ4n) is 1.56. The van der Waals surface area contributed by atoms with Gasteiger partial charge in [0, 0.05) is 22.8 Å². The Morgan fingerprint density at radius 2 is 2.06 bits per heavy atom. The van der Waals surface area contributed by atoms with Crippen molar-refractivity contribution in [3.05, 3.63) is 20.3 Å². The van der Waals surface area contributed by atoms with Crippen LogP contribution in [0.15, 0.2) is 5.38 Å². The summed E-state index contributed by atoms with van der Waals surface area (Å²) in [6, 6.07) is 0.491. The molecule has 0 saturated heterocycles. The lowest BCUT2D eigenvalue weighted by Gasteiger charge is -2.04. The highest BCUT2D eigenvalue weighted by Crippen LogP contribution is 2.28. The van der Waals surface area contributed by atoms with Gasteiger partial charge in [-0.25, -0.2) is 9.97 Å². The first kappa shape index (κ1) is 12.7. The van der Waals surface area contributed by atoms with Crippen molar-refractivity contribution in [3.8, 4) is 11.4 Å². The minimum absolute atomic E-state index is 0.491. The summed E-state index contributed by atoms with van der Waals surface area (Å²) in [5, 5.41) is 7.70. The second-order valence-electron chi connectivity index (χ2n) is 4.30. The summed E-state index contributed by atoms with van der Waals surface area (Å²) in [7, 11) is 0. The smallest absolute Gasteiger partial charge is 0.107 e. The molecule has 0 bridgehead atoms. The first-order chi connectivity index (χ1) is 8.06. The Morgan fingerprint density at radius 1 is 1.29 bits per heavy atom. The van der Waals surface area contributed by atoms with E-state index < -0.39 is 0 Å². The molecular formula is C12H17N3S2. The second kappa shape index (κ2) is 5.25. The van der Waals surface area contributed by atoms with Crippen LogP contribution < -0.4 is 5.32 Å². The third-order valence-electron chi connectivity index (χ3n) is 2.36. The SMILES string of the molecule is Cc1nc(-c2csc(CNC(C)C)n2)c(C)s1. The molecule has 0 aliphatic heterocycles. The van der Waals surface area contributed by atoms with E-state index in [4.69, 9.17) is 0 Å². The van der Waals surface area contributed by atoms with Crippen LogP contribution in [0.4, 0.5) is 0 Å². The second-order valence-corrected chi connectivity index (χ2v) is 6.65. The molecular weight excluding hydrogens is 250 g/mol. The maximum absolute atomic E-state index is 4.63. The molecule has 0 fully saturated rings. The van der Waals surface area contributed by atoms with Crippen LogP contribution in [0.3, 0.4) is 0 Å². The zero-order chi connectivity index (χ0) is 12.4. The zero-order valence-corrected chi connectivity index (χ0v) is 12.2. The van der Waals surface area contributed by atoms with Crippen LogP contribution in [0.25, 0.3) is 11.4 Å². The van der Waals surface area contributed by atoms with Crippen LogP contribution in [-0.4, -0.2) is 16.0 Å². The minimum atomic E-state index is 0.491. The number of nitrogens with zero attached hydrogens (tertiary/aromatic N) is 2. The monoisotopic (exact) mass is 267 g/mol. The van der Waals surface area contributed by atoms with Crippen LogP contribution in [-0.2, 0) is 6.54 Å². The highest BCUT2D eigenvalue weighted by molar-refractivity contribution is 7.12. The summed E-state index contributed by atoms with van der Waals surface area (Å²) >= 11 is 3.42. The van der Waals surface area contributed by atoms with Crippen molar-refractivity contribution in [3.63, 3.8) is 0 Å². The molecule has 3 nitrogen and oxygen atoms in total. The van der Waals surface area contributed by atoms with Crippen LogP contribution in [0.2, 0.25) is 0 Å². The van der Waals surface area contributed by atoms with E-state index in [0.717, 1.165) is 27.9 Å². The molecule has 2 rings (SSSR count). The van der Waals surface area contributed by atoms with Gasteiger partial charge in [0.2, 0.25) is 0 Å². The van der Waals surface area contributed by atoms with Gasteiger partial charge in [0.05, 0.1) is 5.01 Å². The molecule has 0 saturated carbocycles. The molecule has 0 radical (unpaired) electrons. The average molecular weight is 267 g/mol. The number of thiazole rings is 2. The largest absolute Gasteiger partial charge is 0.308 e. The molecule has 0 aromatic carbocycles. The predicted octanol–water partition coefficient (Wildman–Crippen LogP) is 3.38. The van der Waals surface area contributed by atoms with Crippen molar-refractivity contribution in [2.24, 2.45) is 0 Å². The lowest BCUT2D eigenvalue weighted by molar-refractivity contribution is 0.587. The van der Waals surface area contributed by atoms with Crippen LogP contribution in [0.5, 0.6) is 0 Å². The first-order valence-corrected chi connectivity index (χ1v) is 7.38. The average Bonchev–Trinajstić information content (AvgIpc) is 2.82. The molecule has 5 heteroatoms. The molecule has 0 atom stereocenters. The van der Waals surface area contributed by atoms with Crippen molar-refractivity contribution in [1.82, 2.24) is 15.3 Å². The van der Waals surface area contributed by atoms with Crippen molar-refractivity contribution in [1.29, 1.82) is 0 Å². The minimum Gasteiger partial charge on any atom is -0.308 e. The molecule has 2 aromatic heterocycles. The molecule has 0 aliphatic rings. The molecule has 92 valence electrons. The normalized spacial score (nSPS) is 11.4. The van der Waals surface area contributed by atoms with E-state index in [1.807, 2.05) is 6.92 Å². The Kier molecular flexibility index (Phi) is 3.91. The van der Waals surface area contributed by atoms with Crippen LogP contribution in [0, 0.1) is 13.8 Å². The maximum atomic E-state index is 4.63. The predicted molar refractivity (Wildman–Crippen MR) is 74.7 cm³/mol. The number of hydrogen-bond donors (Lipinski definition) is 1. The number of aryl methyl sites for hydroxylation is 2. The first-order valence-electron chi connectivity index (χ1n) is 5.68. The summed E-state index contributed by atoms with van der Waals surface area (Å²) in [4.78, 5) is 10.4. The zero-order valence-electron chi connectivity index (χ0n) is 10.6. The number of aromatic nitrogens is 2. The van der Waals surface area contributed by atoms with Gasteiger partial charge in [0.1, 0.15) is 16.4 Å². The Morgan fingerprint density at radius 3 is 2.65 bits per heavy atom. The summed E-state index contributed by atoms with van der Waals surface area (Å²) in [6.45, 7) is 9.26. The Hall–Kier alpha value is -0.780. The van der Waals surface area contributed by atoms with Gasteiger partial charge in [-0.3, -0.25) is 0 Å². The third-order valence-corrected chi connectivity index (χ3v) is 4.09. The quantitative estimate of drug-likeness (QED) is 0.923. The van der Waals surface area contributed by atoms with E-state index in [9.17, 15) is 0 Å². The fourth-order valence-corrected chi connectivity index (χ4v) is 3.12. The van der Waals surface area contributed by atoms with Crippen molar-refractivity contribution in [2.75, 3.05) is 0 Å². The molecule has 2 aromatic rings. The molecule has 0 spiro atoms. The highest BCUT2D eigenvalue weighted by atomic mass is 32.1. The molecule has 17 heavy (non-hydrogen) atoms. The molecule has 1 N–H and O–H groups in total. The number of nitrogens with one attached hydrogen (secondary N) is 1. The summed E-state index contributed by atoms with van der Waals surface area (Å²) < 4.78 is 0. The lowest BCUT2D eigenvalue weighted by Crippen LogP contribution is -2.21. The van der Waals surface area contributed by atoms with Crippen LogP contribution in [0.1, 0.15) is 28.7 Å². The van der Waals surface area contributed by atoms with E-state index >= 15 is 0 Å². The van der Waals surface area contributed by atoms with E-state index in [2.05, 4.69) is 41.4 Å². The summed E-state index contributed by atoms with van der Waals surface area (Å²) in [6.07, 6.45) is 0. The van der Waals surface area contributed by atoms with Crippen molar-refractivity contribution < 1.29 is 0 Å². The lowest BCUT2D eigenvalue weighted by atomic mass is 10.3. The maximum Gasteiger partial charge on any atom is 0.107 e. The molecule has 0 amide bonds. The van der Waals surface area contributed by atoms with Gasteiger partial charge >= 0.3 is 0 Å². The number of hydrogen-bond acceptors (Lipinski definition) is 5. The standard InChI is InChI=1S/C12H17N3S2/c1-7(2)13-5-11-15-10(6-16-11)12-8(3)17-9(4)14-12/h6-7,13H,5H2,1-4H3. The van der Waals surface area contributed by atoms with E-state index in [0.29, 0.717) is 6.04 Å². The topological polar surface area (TPSA) is 37.8 Å². The van der Waals surface area contributed by atoms with Gasteiger partial charge in [-0.1, -0.05) is 13.8 Å². The van der Waals surface area contributed by atoms with Gasteiger partial charge < -0.3 is 5.32 Å². The Labute approximate surface area is 110 Å². The number of rotatable bonds is 4. The van der Waals surface area contributed by atoms with Gasteiger partial charge in [0.15, 0.2) is 0 Å². The molecule has 2 heterocycles. The summed E-state index contributed by atoms with van der Waals surface area (Å²) in [5.41, 5.74) is 2.05.